The molecule has 0 amide bonds. The van der Waals surface area contributed by atoms with Crippen molar-refractivity contribution in [1.82, 2.24) is 0 Å². The molecule has 1 heteroatoms. The van der Waals surface area contributed by atoms with Crippen LogP contribution in [0.4, 0.5) is 5.69 Å². The van der Waals surface area contributed by atoms with E-state index in [2.05, 4.69) is 147 Å². The fourth-order valence-corrected chi connectivity index (χ4v) is 9.16. The van der Waals surface area contributed by atoms with Crippen LogP contribution in [0.25, 0.3) is 27.1 Å². The highest BCUT2D eigenvalue weighted by atomic mass is 15.2. The van der Waals surface area contributed by atoms with Gasteiger partial charge >= 0.3 is 0 Å². The van der Waals surface area contributed by atoms with E-state index in [1.54, 1.807) is 5.56 Å². The summed E-state index contributed by atoms with van der Waals surface area (Å²) in [5.74, 6) is 0. The van der Waals surface area contributed by atoms with E-state index in [1.807, 2.05) is 0 Å². The lowest BCUT2D eigenvalue weighted by molar-refractivity contribution is 0.348. The van der Waals surface area contributed by atoms with Gasteiger partial charge in [0.15, 0.2) is 0 Å². The number of rotatable bonds is 4. The fraction of sp³-hybridized carbons (Fsp3) is 0.256. The SMILES string of the molecule is CC1=C(/C=C/C=C2/N(C)c3ccc4ccccc4c3C23CCCCC3)C(C)(Cc2ccccc2)c2c1ccc1ccccc21. The summed E-state index contributed by atoms with van der Waals surface area (Å²) in [7, 11) is 2.29. The van der Waals surface area contributed by atoms with E-state index >= 15 is 0 Å². The van der Waals surface area contributed by atoms with Gasteiger partial charge in [0, 0.05) is 29.3 Å². The van der Waals surface area contributed by atoms with Crippen molar-refractivity contribution in [2.24, 2.45) is 0 Å². The van der Waals surface area contributed by atoms with E-state index in [-0.39, 0.29) is 10.8 Å². The maximum absolute atomic E-state index is 2.50. The molecule has 1 saturated carbocycles. The molecule has 0 radical (unpaired) electrons. The zero-order chi connectivity index (χ0) is 29.9. The molecule has 5 aromatic rings. The van der Waals surface area contributed by atoms with Gasteiger partial charge in [-0.1, -0.05) is 135 Å². The molecule has 3 aliphatic rings. The van der Waals surface area contributed by atoms with Gasteiger partial charge in [0.05, 0.1) is 0 Å². The molecule has 1 nitrogen and oxygen atoms in total. The highest BCUT2D eigenvalue weighted by molar-refractivity contribution is 5.97. The molecule has 1 aliphatic heterocycles. The van der Waals surface area contributed by atoms with Crippen molar-refractivity contribution in [3.8, 4) is 0 Å². The lowest BCUT2D eigenvalue weighted by Crippen LogP contribution is -2.32. The van der Waals surface area contributed by atoms with Crippen LogP contribution in [0.5, 0.6) is 0 Å². The Morgan fingerprint density at radius 3 is 2.07 bits per heavy atom. The van der Waals surface area contributed by atoms with Crippen LogP contribution in [0.3, 0.4) is 0 Å². The van der Waals surface area contributed by atoms with E-state index in [9.17, 15) is 0 Å². The minimum Gasteiger partial charge on any atom is -0.347 e. The molecule has 2 aliphatic carbocycles. The van der Waals surface area contributed by atoms with Crippen LogP contribution in [-0.2, 0) is 17.3 Å². The van der Waals surface area contributed by atoms with E-state index in [1.165, 1.54) is 92.9 Å². The van der Waals surface area contributed by atoms with Crippen LogP contribution in [-0.4, -0.2) is 7.05 Å². The van der Waals surface area contributed by atoms with E-state index in [0.717, 1.165) is 6.42 Å². The second kappa shape index (κ2) is 10.4. The third-order valence-electron chi connectivity index (χ3n) is 11.1. The number of anilines is 1. The topological polar surface area (TPSA) is 3.24 Å². The average molecular weight is 572 g/mol. The summed E-state index contributed by atoms with van der Waals surface area (Å²) < 4.78 is 0. The van der Waals surface area contributed by atoms with Crippen molar-refractivity contribution >= 4 is 32.8 Å². The smallest absolute Gasteiger partial charge is 0.0454 e. The molecular formula is C43H41N. The number of hydrogen-bond acceptors (Lipinski definition) is 1. The molecule has 1 unspecified atom stereocenters. The molecule has 44 heavy (non-hydrogen) atoms. The highest BCUT2D eigenvalue weighted by Crippen LogP contribution is 2.57. The van der Waals surface area contributed by atoms with Gasteiger partial charge in [-0.2, -0.15) is 0 Å². The molecule has 218 valence electrons. The van der Waals surface area contributed by atoms with Crippen LogP contribution in [0.15, 0.2) is 133 Å². The number of hydrogen-bond donors (Lipinski definition) is 0. The van der Waals surface area contributed by atoms with Crippen molar-refractivity contribution < 1.29 is 0 Å². The fourth-order valence-electron chi connectivity index (χ4n) is 9.16. The molecule has 0 saturated heterocycles. The largest absolute Gasteiger partial charge is 0.347 e. The maximum Gasteiger partial charge on any atom is 0.0454 e. The lowest BCUT2D eigenvalue weighted by atomic mass is 9.67. The summed E-state index contributed by atoms with van der Waals surface area (Å²) >= 11 is 0. The molecule has 5 aromatic carbocycles. The molecule has 1 heterocycles. The predicted octanol–water partition coefficient (Wildman–Crippen LogP) is 11.1. The Labute approximate surface area is 262 Å². The Bertz CT molecular complexity index is 2000. The van der Waals surface area contributed by atoms with Crippen LogP contribution >= 0.6 is 0 Å². The molecule has 0 N–H and O–H groups in total. The first kappa shape index (κ1) is 27.2. The van der Waals surface area contributed by atoms with E-state index in [0.29, 0.717) is 0 Å². The Morgan fingerprint density at radius 1 is 0.705 bits per heavy atom. The third-order valence-corrected chi connectivity index (χ3v) is 11.1. The van der Waals surface area contributed by atoms with Gasteiger partial charge in [0.25, 0.3) is 0 Å². The molecule has 1 spiro atoms. The highest BCUT2D eigenvalue weighted by Gasteiger charge is 2.47. The van der Waals surface area contributed by atoms with Crippen molar-refractivity contribution in [2.75, 3.05) is 11.9 Å². The number of likely N-dealkylation sites (N-methyl/N-ethyl adjacent to an activating group) is 1. The van der Waals surface area contributed by atoms with Crippen LogP contribution in [0.2, 0.25) is 0 Å². The van der Waals surface area contributed by atoms with Gasteiger partial charge in [0.1, 0.15) is 0 Å². The van der Waals surface area contributed by atoms with Crippen molar-refractivity contribution in [1.29, 1.82) is 0 Å². The quantitative estimate of drug-likeness (QED) is 0.207. The standard InChI is InChI=1S/C43H41N/c1-30-34-25-23-32-17-8-10-19-35(32)40(34)42(2,29-31-15-6-4-7-16-31)37(30)21-14-22-39-43(27-12-5-13-28-43)41-36-20-11-9-18-33(36)24-26-38(41)44(39)3/h4,6-11,14-26H,5,12-13,27-29H2,1-3H3/b21-14+,39-22+. The second-order valence-corrected chi connectivity index (χ2v) is 13.5. The maximum atomic E-state index is 2.50. The molecule has 8 rings (SSSR count). The number of fused-ring (bicyclic) bond motifs is 7. The summed E-state index contributed by atoms with van der Waals surface area (Å²) in [5.41, 5.74) is 11.5. The lowest BCUT2D eigenvalue weighted by Gasteiger charge is -2.37. The monoisotopic (exact) mass is 571 g/mol. The van der Waals surface area contributed by atoms with Crippen LogP contribution in [0, 0.1) is 0 Å². The van der Waals surface area contributed by atoms with Crippen LogP contribution < -0.4 is 4.90 Å². The minimum atomic E-state index is -0.125. The Kier molecular flexibility index (Phi) is 6.42. The first-order valence-electron chi connectivity index (χ1n) is 16.4. The van der Waals surface area contributed by atoms with Crippen molar-refractivity contribution in [3.63, 3.8) is 0 Å². The Balaban J connectivity index is 1.26. The normalized spacial score (nSPS) is 21.7. The molecule has 1 atom stereocenters. The molecule has 1 fully saturated rings. The van der Waals surface area contributed by atoms with Crippen molar-refractivity contribution in [3.05, 3.63) is 155 Å². The summed E-state index contributed by atoms with van der Waals surface area (Å²) in [5, 5.41) is 5.49. The van der Waals surface area contributed by atoms with Gasteiger partial charge in [-0.05, 0) is 93.3 Å². The molecule has 0 bridgehead atoms. The van der Waals surface area contributed by atoms with Crippen LogP contribution in [0.1, 0.15) is 68.2 Å². The summed E-state index contributed by atoms with van der Waals surface area (Å²) in [4.78, 5) is 2.50. The number of nitrogens with zero attached hydrogens (tertiary/aromatic N) is 1. The predicted molar refractivity (Wildman–Crippen MR) is 188 cm³/mol. The average Bonchev–Trinajstić information content (AvgIpc) is 3.41. The first-order valence-corrected chi connectivity index (χ1v) is 16.4. The van der Waals surface area contributed by atoms with Gasteiger partial charge in [0.2, 0.25) is 0 Å². The summed E-state index contributed by atoms with van der Waals surface area (Å²) in [6, 6.07) is 38.3. The third kappa shape index (κ3) is 3.98. The minimum absolute atomic E-state index is 0.0825. The zero-order valence-corrected chi connectivity index (χ0v) is 26.2. The molecule has 0 aromatic heterocycles. The van der Waals surface area contributed by atoms with Gasteiger partial charge in [-0.15, -0.1) is 0 Å². The summed E-state index contributed by atoms with van der Waals surface area (Å²) in [6.07, 6.45) is 14.6. The first-order chi connectivity index (χ1) is 21.5. The van der Waals surface area contributed by atoms with Gasteiger partial charge in [-0.3, -0.25) is 0 Å². The number of allylic oxidation sites excluding steroid dienone is 6. The Morgan fingerprint density at radius 2 is 1.34 bits per heavy atom. The second-order valence-electron chi connectivity index (χ2n) is 13.5. The molecular weight excluding hydrogens is 530 g/mol. The van der Waals surface area contributed by atoms with Crippen molar-refractivity contribution in [2.45, 2.75) is 63.2 Å². The van der Waals surface area contributed by atoms with E-state index in [4.69, 9.17) is 0 Å². The summed E-state index contributed by atoms with van der Waals surface area (Å²) in [6.45, 7) is 4.81. The zero-order valence-electron chi connectivity index (χ0n) is 26.2. The Hall–Kier alpha value is -4.36. The van der Waals surface area contributed by atoms with Gasteiger partial charge < -0.3 is 4.90 Å². The van der Waals surface area contributed by atoms with Gasteiger partial charge in [-0.25, -0.2) is 0 Å². The number of benzene rings is 5. The van der Waals surface area contributed by atoms with E-state index < -0.39 is 0 Å².